The van der Waals surface area contributed by atoms with Crippen LogP contribution in [-0.2, 0) is 5.54 Å². The number of H-pyrrole nitrogens is 1. The Morgan fingerprint density at radius 1 is 1.16 bits per heavy atom. The lowest BCUT2D eigenvalue weighted by atomic mass is 9.87. The minimum absolute atomic E-state index is 0.312. The van der Waals surface area contributed by atoms with Crippen LogP contribution in [0.4, 0.5) is 0 Å². The quantitative estimate of drug-likeness (QED) is 0.709. The molecule has 1 aromatic carbocycles. The predicted octanol–water partition coefficient (Wildman–Crippen LogP) is 4.14. The Bertz CT molecular complexity index is 876. The molecule has 1 aliphatic rings. The fraction of sp³-hybridized carbons (Fsp3) is 0.400. The lowest BCUT2D eigenvalue weighted by Crippen LogP contribution is -2.35. The van der Waals surface area contributed by atoms with E-state index in [2.05, 4.69) is 36.2 Å². The summed E-state index contributed by atoms with van der Waals surface area (Å²) in [4.78, 5) is 4.70. The molecule has 2 aromatic heterocycles. The standard InChI is InChI=1S/C20H24N4O/c1-3-20(21,4-2)13-5-9-17(22-11-13)15-8-10-18-16(12-23-24-18)19(15)25-14-6-7-14/h5,8-12,14H,3-4,6-7,21H2,1-2H3,(H,23,24). The van der Waals surface area contributed by atoms with Gasteiger partial charge in [0.15, 0.2) is 0 Å². The molecule has 2 heterocycles. The van der Waals surface area contributed by atoms with Gasteiger partial charge >= 0.3 is 0 Å². The van der Waals surface area contributed by atoms with Gasteiger partial charge in [-0.3, -0.25) is 10.1 Å². The van der Waals surface area contributed by atoms with Crippen LogP contribution in [0.25, 0.3) is 22.2 Å². The summed E-state index contributed by atoms with van der Waals surface area (Å²) in [5, 5.41) is 8.17. The third kappa shape index (κ3) is 2.89. The predicted molar refractivity (Wildman–Crippen MR) is 99.4 cm³/mol. The van der Waals surface area contributed by atoms with E-state index in [9.17, 15) is 0 Å². The fourth-order valence-corrected chi connectivity index (χ4v) is 3.18. The number of rotatable bonds is 6. The normalized spacial score (nSPS) is 14.8. The summed E-state index contributed by atoms with van der Waals surface area (Å²) in [6.07, 6.45) is 8.05. The minimum Gasteiger partial charge on any atom is -0.489 e. The second-order valence-corrected chi connectivity index (χ2v) is 6.89. The number of ether oxygens (including phenoxy) is 1. The van der Waals surface area contributed by atoms with Crippen molar-refractivity contribution in [3.63, 3.8) is 0 Å². The van der Waals surface area contributed by atoms with Crippen LogP contribution in [0.2, 0.25) is 0 Å². The fourth-order valence-electron chi connectivity index (χ4n) is 3.18. The van der Waals surface area contributed by atoms with Gasteiger partial charge in [0, 0.05) is 17.3 Å². The van der Waals surface area contributed by atoms with Crippen molar-refractivity contribution in [2.45, 2.75) is 51.2 Å². The minimum atomic E-state index is -0.312. The van der Waals surface area contributed by atoms with Crippen molar-refractivity contribution in [2.24, 2.45) is 5.73 Å². The summed E-state index contributed by atoms with van der Waals surface area (Å²) < 4.78 is 6.20. The Balaban J connectivity index is 1.76. The van der Waals surface area contributed by atoms with Gasteiger partial charge in [-0.2, -0.15) is 5.10 Å². The SMILES string of the molecule is CCC(N)(CC)c1ccc(-c2ccc3[nH]ncc3c2OC2CC2)nc1. The zero-order valence-electron chi connectivity index (χ0n) is 14.7. The van der Waals surface area contributed by atoms with Gasteiger partial charge in [-0.05, 0) is 49.4 Å². The number of hydrogen-bond acceptors (Lipinski definition) is 4. The average molecular weight is 336 g/mol. The van der Waals surface area contributed by atoms with Crippen molar-refractivity contribution >= 4 is 10.9 Å². The highest BCUT2D eigenvalue weighted by Gasteiger charge is 2.27. The van der Waals surface area contributed by atoms with E-state index in [-0.39, 0.29) is 5.54 Å². The zero-order chi connectivity index (χ0) is 17.4. The van der Waals surface area contributed by atoms with E-state index in [1.54, 1.807) is 0 Å². The highest BCUT2D eigenvalue weighted by Crippen LogP contribution is 2.39. The Labute approximate surface area is 147 Å². The summed E-state index contributed by atoms with van der Waals surface area (Å²) in [6, 6.07) is 8.22. The second-order valence-electron chi connectivity index (χ2n) is 6.89. The molecule has 0 aliphatic heterocycles. The molecule has 4 rings (SSSR count). The molecule has 0 spiro atoms. The number of nitrogens with zero attached hydrogens (tertiary/aromatic N) is 2. The van der Waals surface area contributed by atoms with E-state index in [0.29, 0.717) is 6.10 Å². The van der Waals surface area contributed by atoms with Crippen LogP contribution >= 0.6 is 0 Å². The topological polar surface area (TPSA) is 76.8 Å². The third-order valence-electron chi connectivity index (χ3n) is 5.26. The number of hydrogen-bond donors (Lipinski definition) is 2. The molecule has 130 valence electrons. The largest absolute Gasteiger partial charge is 0.489 e. The lowest BCUT2D eigenvalue weighted by molar-refractivity contribution is 0.308. The molecule has 25 heavy (non-hydrogen) atoms. The summed E-state index contributed by atoms with van der Waals surface area (Å²) in [5.74, 6) is 0.874. The van der Waals surface area contributed by atoms with Gasteiger partial charge in [0.25, 0.3) is 0 Å². The van der Waals surface area contributed by atoms with E-state index >= 15 is 0 Å². The van der Waals surface area contributed by atoms with Gasteiger partial charge < -0.3 is 10.5 Å². The zero-order valence-corrected chi connectivity index (χ0v) is 14.7. The van der Waals surface area contributed by atoms with Crippen LogP contribution in [0, 0.1) is 0 Å². The number of aromatic nitrogens is 3. The van der Waals surface area contributed by atoms with Crippen molar-refractivity contribution in [1.29, 1.82) is 0 Å². The smallest absolute Gasteiger partial charge is 0.140 e. The van der Waals surface area contributed by atoms with Gasteiger partial charge in [0.2, 0.25) is 0 Å². The molecule has 0 amide bonds. The molecule has 0 unspecified atom stereocenters. The highest BCUT2D eigenvalue weighted by molar-refractivity contribution is 5.92. The Morgan fingerprint density at radius 3 is 2.60 bits per heavy atom. The van der Waals surface area contributed by atoms with Gasteiger partial charge in [-0.25, -0.2) is 0 Å². The molecule has 1 saturated carbocycles. The second kappa shape index (κ2) is 6.15. The van der Waals surface area contributed by atoms with Crippen LogP contribution in [-0.4, -0.2) is 21.3 Å². The van der Waals surface area contributed by atoms with Crippen LogP contribution in [0.1, 0.15) is 45.1 Å². The Kier molecular flexibility index (Phi) is 3.96. The van der Waals surface area contributed by atoms with Gasteiger partial charge in [-0.15, -0.1) is 0 Å². The first-order chi connectivity index (χ1) is 12.1. The number of benzene rings is 1. The van der Waals surface area contributed by atoms with Crippen LogP contribution in [0.15, 0.2) is 36.7 Å². The van der Waals surface area contributed by atoms with E-state index < -0.39 is 0 Å². The highest BCUT2D eigenvalue weighted by atomic mass is 16.5. The van der Waals surface area contributed by atoms with E-state index in [4.69, 9.17) is 15.5 Å². The first-order valence-corrected chi connectivity index (χ1v) is 9.03. The van der Waals surface area contributed by atoms with Crippen molar-refractivity contribution in [3.05, 3.63) is 42.2 Å². The molecular weight excluding hydrogens is 312 g/mol. The van der Waals surface area contributed by atoms with Gasteiger partial charge in [-0.1, -0.05) is 19.9 Å². The average Bonchev–Trinajstić information content (AvgIpc) is 3.34. The molecule has 3 aromatic rings. The van der Waals surface area contributed by atoms with Gasteiger partial charge in [0.1, 0.15) is 5.75 Å². The van der Waals surface area contributed by atoms with E-state index in [1.165, 1.54) is 0 Å². The molecule has 0 bridgehead atoms. The van der Waals surface area contributed by atoms with Crippen molar-refractivity contribution in [1.82, 2.24) is 15.2 Å². The molecule has 0 saturated heterocycles. The Hall–Kier alpha value is -2.40. The molecule has 5 nitrogen and oxygen atoms in total. The van der Waals surface area contributed by atoms with Crippen LogP contribution < -0.4 is 10.5 Å². The van der Waals surface area contributed by atoms with E-state index in [0.717, 1.165) is 59.2 Å². The number of nitrogens with one attached hydrogen (secondary N) is 1. The maximum Gasteiger partial charge on any atom is 0.140 e. The molecule has 0 radical (unpaired) electrons. The summed E-state index contributed by atoms with van der Waals surface area (Å²) in [5.41, 5.74) is 10.1. The molecule has 1 aliphatic carbocycles. The van der Waals surface area contributed by atoms with Crippen molar-refractivity contribution in [3.8, 4) is 17.0 Å². The molecule has 5 heteroatoms. The number of aromatic amines is 1. The Morgan fingerprint density at radius 2 is 1.96 bits per heavy atom. The summed E-state index contributed by atoms with van der Waals surface area (Å²) in [6.45, 7) is 4.23. The molecular formula is C20H24N4O. The third-order valence-corrected chi connectivity index (χ3v) is 5.26. The van der Waals surface area contributed by atoms with Crippen molar-refractivity contribution in [2.75, 3.05) is 0 Å². The molecule has 3 N–H and O–H groups in total. The van der Waals surface area contributed by atoms with Gasteiger partial charge in [0.05, 0.1) is 28.9 Å². The van der Waals surface area contributed by atoms with Crippen LogP contribution in [0.5, 0.6) is 5.75 Å². The summed E-state index contributed by atoms with van der Waals surface area (Å²) in [7, 11) is 0. The summed E-state index contributed by atoms with van der Waals surface area (Å²) >= 11 is 0. The molecule has 0 atom stereocenters. The number of pyridine rings is 1. The lowest BCUT2D eigenvalue weighted by Gasteiger charge is -2.27. The van der Waals surface area contributed by atoms with E-state index in [1.807, 2.05) is 24.5 Å². The number of fused-ring (bicyclic) bond motifs is 1. The maximum absolute atomic E-state index is 6.49. The number of nitrogens with two attached hydrogens (primary N) is 1. The maximum atomic E-state index is 6.49. The monoisotopic (exact) mass is 336 g/mol. The first-order valence-electron chi connectivity index (χ1n) is 9.03. The molecule has 1 fully saturated rings. The van der Waals surface area contributed by atoms with Crippen LogP contribution in [0.3, 0.4) is 0 Å². The first kappa shape index (κ1) is 16.1. The van der Waals surface area contributed by atoms with Crippen molar-refractivity contribution < 1.29 is 4.74 Å².